The van der Waals surface area contributed by atoms with Gasteiger partial charge in [0.15, 0.2) is 17.3 Å². The minimum absolute atomic E-state index is 0.0191. The van der Waals surface area contributed by atoms with Crippen LogP contribution in [-0.4, -0.2) is 67.9 Å². The summed E-state index contributed by atoms with van der Waals surface area (Å²) in [5.74, 6) is -0.170. The zero-order valence-corrected chi connectivity index (χ0v) is 21.5. The molecular weight excluding hydrogens is 499 g/mol. The fourth-order valence-corrected chi connectivity index (χ4v) is 6.01. The van der Waals surface area contributed by atoms with Gasteiger partial charge in [-0.25, -0.2) is 4.39 Å². The number of nitrogens with one attached hydrogen (secondary N) is 1. The Kier molecular flexibility index (Phi) is 5.97. The number of anilines is 1. The number of pyridine rings is 1. The first-order valence-electron chi connectivity index (χ1n) is 13.6. The number of fused-ring (bicyclic) bond motifs is 4. The van der Waals surface area contributed by atoms with E-state index in [9.17, 15) is 9.59 Å². The van der Waals surface area contributed by atoms with E-state index in [1.165, 1.54) is 18.9 Å². The molecule has 3 aliphatic rings. The van der Waals surface area contributed by atoms with Crippen molar-refractivity contribution >= 4 is 33.3 Å². The molecule has 4 aromatic rings. The lowest BCUT2D eigenvalue weighted by atomic mass is 10.0. The number of ether oxygens (including phenoxy) is 2. The number of rotatable bonds is 5. The number of aromatic nitrogens is 1. The predicted molar refractivity (Wildman–Crippen MR) is 148 cm³/mol. The fourth-order valence-electron chi connectivity index (χ4n) is 6.01. The first-order valence-corrected chi connectivity index (χ1v) is 13.6. The van der Waals surface area contributed by atoms with E-state index in [0.29, 0.717) is 55.5 Å². The summed E-state index contributed by atoms with van der Waals surface area (Å²) in [5.41, 5.74) is 0.923. The highest BCUT2D eigenvalue weighted by molar-refractivity contribution is 6.03. The van der Waals surface area contributed by atoms with Crippen LogP contribution in [-0.2, 0) is 4.74 Å². The van der Waals surface area contributed by atoms with Crippen LogP contribution in [0.4, 0.5) is 10.1 Å². The molecule has 3 aliphatic heterocycles. The van der Waals surface area contributed by atoms with Gasteiger partial charge in [-0.1, -0.05) is 30.3 Å². The molecule has 0 atom stereocenters. The Labute approximate surface area is 224 Å². The lowest BCUT2D eigenvalue weighted by molar-refractivity contribution is 0.0948. The second-order valence-corrected chi connectivity index (χ2v) is 10.3. The highest BCUT2D eigenvalue weighted by Gasteiger charge is 2.32. The van der Waals surface area contributed by atoms with Gasteiger partial charge in [0, 0.05) is 37.8 Å². The predicted octanol–water partition coefficient (Wildman–Crippen LogP) is 4.05. The highest BCUT2D eigenvalue weighted by atomic mass is 19.1. The van der Waals surface area contributed by atoms with Crippen LogP contribution >= 0.6 is 0 Å². The van der Waals surface area contributed by atoms with Crippen molar-refractivity contribution in [1.82, 2.24) is 14.8 Å². The standard InChI is InChI=1S/C30H29FN4O4/c31-23-17-21-25-29(26(23)34-13-15-38-16-14-34)39-28-20-6-2-1-5-19(20)7-8-24(28)35(25)18-22(27(21)36)30(37)32-9-12-33-10-3-4-11-33/h1-2,5-8,17-18H,3-4,9-16H2,(H,32,37). The van der Waals surface area contributed by atoms with Crippen molar-refractivity contribution in [3.8, 4) is 17.2 Å². The minimum atomic E-state index is -0.557. The van der Waals surface area contributed by atoms with Gasteiger partial charge in [0.25, 0.3) is 5.91 Å². The van der Waals surface area contributed by atoms with Crippen LogP contribution in [0.25, 0.3) is 27.4 Å². The molecule has 0 spiro atoms. The molecule has 7 rings (SSSR count). The molecule has 3 aromatic carbocycles. The average Bonchev–Trinajstić information content (AvgIpc) is 3.48. The number of hydrogen-bond donors (Lipinski definition) is 1. The van der Waals surface area contributed by atoms with Crippen LogP contribution in [0.2, 0.25) is 0 Å². The number of morpholine rings is 1. The number of hydrogen-bond acceptors (Lipinski definition) is 6. The molecule has 39 heavy (non-hydrogen) atoms. The first kappa shape index (κ1) is 24.1. The molecule has 0 radical (unpaired) electrons. The summed E-state index contributed by atoms with van der Waals surface area (Å²) in [5, 5.41) is 4.86. The topological polar surface area (TPSA) is 76.0 Å². The number of carbonyl (C=O) groups is 1. The van der Waals surface area contributed by atoms with Crippen molar-refractivity contribution in [3.63, 3.8) is 0 Å². The number of nitrogens with zero attached hydrogens (tertiary/aromatic N) is 3. The smallest absolute Gasteiger partial charge is 0.256 e. The van der Waals surface area contributed by atoms with E-state index in [0.717, 1.165) is 30.4 Å². The molecule has 4 heterocycles. The third-order valence-corrected chi connectivity index (χ3v) is 7.98. The van der Waals surface area contributed by atoms with Gasteiger partial charge in [-0.05, 0) is 43.5 Å². The van der Waals surface area contributed by atoms with Crippen molar-refractivity contribution in [3.05, 3.63) is 70.3 Å². The van der Waals surface area contributed by atoms with Gasteiger partial charge in [0.2, 0.25) is 5.43 Å². The SMILES string of the molecule is O=C(NCCN1CCCC1)c1cn2c3c(c(N4CCOCC4)c(F)cc3c1=O)Oc1c-2ccc2ccccc12. The lowest BCUT2D eigenvalue weighted by Gasteiger charge is -2.33. The van der Waals surface area contributed by atoms with Gasteiger partial charge in [-0.15, -0.1) is 0 Å². The molecule has 1 N–H and O–H groups in total. The van der Waals surface area contributed by atoms with Crippen molar-refractivity contribution < 1.29 is 18.7 Å². The maximum atomic E-state index is 15.9. The monoisotopic (exact) mass is 528 g/mol. The van der Waals surface area contributed by atoms with Gasteiger partial charge < -0.3 is 29.2 Å². The Balaban J connectivity index is 1.40. The molecule has 0 unspecified atom stereocenters. The molecule has 0 aliphatic carbocycles. The molecule has 0 saturated carbocycles. The summed E-state index contributed by atoms with van der Waals surface area (Å²) in [6, 6.07) is 13.0. The molecule has 9 heteroatoms. The molecule has 8 nitrogen and oxygen atoms in total. The van der Waals surface area contributed by atoms with Crippen LogP contribution in [0.3, 0.4) is 0 Å². The van der Waals surface area contributed by atoms with Gasteiger partial charge in [-0.3, -0.25) is 9.59 Å². The second kappa shape index (κ2) is 9.66. The van der Waals surface area contributed by atoms with Crippen LogP contribution in [0, 0.1) is 5.82 Å². The van der Waals surface area contributed by atoms with E-state index < -0.39 is 17.2 Å². The Morgan fingerprint density at radius 3 is 2.59 bits per heavy atom. The van der Waals surface area contributed by atoms with Crippen LogP contribution in [0.5, 0.6) is 11.5 Å². The van der Waals surface area contributed by atoms with Crippen molar-refractivity contribution in [2.75, 3.05) is 57.4 Å². The summed E-state index contributed by atoms with van der Waals surface area (Å²) in [6.07, 6.45) is 3.91. The van der Waals surface area contributed by atoms with Crippen LogP contribution in [0.15, 0.2) is 53.5 Å². The quantitative estimate of drug-likeness (QED) is 0.371. The Morgan fingerprint density at radius 2 is 1.77 bits per heavy atom. The number of carbonyl (C=O) groups excluding carboxylic acids is 1. The van der Waals surface area contributed by atoms with Crippen molar-refractivity contribution in [2.24, 2.45) is 0 Å². The highest BCUT2D eigenvalue weighted by Crippen LogP contribution is 2.48. The van der Waals surface area contributed by atoms with Gasteiger partial charge in [0.05, 0.1) is 24.3 Å². The molecule has 2 fully saturated rings. The van der Waals surface area contributed by atoms with Gasteiger partial charge >= 0.3 is 0 Å². The van der Waals surface area contributed by atoms with E-state index in [-0.39, 0.29) is 16.7 Å². The minimum Gasteiger partial charge on any atom is -0.450 e. The summed E-state index contributed by atoms with van der Waals surface area (Å²) in [7, 11) is 0. The molecule has 1 amide bonds. The van der Waals surface area contributed by atoms with Crippen LogP contribution < -0.4 is 20.4 Å². The zero-order valence-electron chi connectivity index (χ0n) is 21.5. The van der Waals surface area contributed by atoms with E-state index in [4.69, 9.17) is 9.47 Å². The molecular formula is C30H29FN4O4. The molecule has 200 valence electrons. The number of benzene rings is 3. The van der Waals surface area contributed by atoms with E-state index >= 15 is 4.39 Å². The summed E-state index contributed by atoms with van der Waals surface area (Å²) in [6.45, 7) is 5.17. The summed E-state index contributed by atoms with van der Waals surface area (Å²) in [4.78, 5) is 31.1. The Hall–Kier alpha value is -3.95. The van der Waals surface area contributed by atoms with Crippen molar-refractivity contribution in [2.45, 2.75) is 12.8 Å². The number of halogens is 1. The van der Waals surface area contributed by atoms with Gasteiger partial charge in [-0.2, -0.15) is 0 Å². The Morgan fingerprint density at radius 1 is 0.974 bits per heavy atom. The summed E-state index contributed by atoms with van der Waals surface area (Å²) < 4.78 is 29.7. The molecule has 2 saturated heterocycles. The Bertz CT molecular complexity index is 1670. The maximum absolute atomic E-state index is 15.9. The molecule has 1 aromatic heterocycles. The molecule has 0 bridgehead atoms. The van der Waals surface area contributed by atoms with E-state index in [1.54, 1.807) is 6.20 Å². The zero-order chi connectivity index (χ0) is 26.5. The second-order valence-electron chi connectivity index (χ2n) is 10.3. The third-order valence-electron chi connectivity index (χ3n) is 7.98. The van der Waals surface area contributed by atoms with Crippen LogP contribution in [0.1, 0.15) is 23.2 Å². The first-order chi connectivity index (χ1) is 19.1. The van der Waals surface area contributed by atoms with Gasteiger partial charge in [0.1, 0.15) is 16.8 Å². The number of amides is 1. The third kappa shape index (κ3) is 4.04. The number of likely N-dealkylation sites (tertiary alicyclic amines) is 1. The maximum Gasteiger partial charge on any atom is 0.256 e. The fraction of sp³-hybridized carbons (Fsp3) is 0.333. The lowest BCUT2D eigenvalue weighted by Crippen LogP contribution is -2.37. The van der Waals surface area contributed by atoms with E-state index in [1.807, 2.05) is 45.9 Å². The average molecular weight is 529 g/mol. The van der Waals surface area contributed by atoms with Crippen molar-refractivity contribution in [1.29, 1.82) is 0 Å². The summed E-state index contributed by atoms with van der Waals surface area (Å²) >= 11 is 0. The van der Waals surface area contributed by atoms with E-state index in [2.05, 4.69) is 10.2 Å². The normalized spacial score (nSPS) is 16.9. The largest absolute Gasteiger partial charge is 0.450 e.